The molecule has 1 aliphatic rings. The lowest BCUT2D eigenvalue weighted by atomic mass is 9.86. The number of ether oxygens (including phenoxy) is 2. The predicted molar refractivity (Wildman–Crippen MR) is 114 cm³/mol. The minimum atomic E-state index is -3.97. The van der Waals surface area contributed by atoms with Gasteiger partial charge in [0.25, 0.3) is 0 Å². The van der Waals surface area contributed by atoms with Crippen molar-refractivity contribution in [2.75, 3.05) is 19.5 Å². The van der Waals surface area contributed by atoms with E-state index in [0.717, 1.165) is 5.56 Å². The molecule has 2 heterocycles. The van der Waals surface area contributed by atoms with Crippen LogP contribution in [0.5, 0.6) is 5.88 Å². The highest BCUT2D eigenvalue weighted by atomic mass is 32.2. The van der Waals surface area contributed by atoms with E-state index in [1.54, 1.807) is 13.2 Å². The van der Waals surface area contributed by atoms with Gasteiger partial charge in [0.05, 0.1) is 6.54 Å². The number of benzene rings is 1. The van der Waals surface area contributed by atoms with Crippen LogP contribution in [0.4, 0.5) is 4.39 Å². The number of halogens is 1. The maximum absolute atomic E-state index is 14.5. The van der Waals surface area contributed by atoms with Gasteiger partial charge in [-0.15, -0.1) is 0 Å². The number of ketones is 1. The van der Waals surface area contributed by atoms with E-state index in [1.807, 2.05) is 27.7 Å². The van der Waals surface area contributed by atoms with Crippen LogP contribution in [0.15, 0.2) is 23.2 Å². The molecule has 1 atom stereocenters. The van der Waals surface area contributed by atoms with Crippen molar-refractivity contribution in [3.63, 3.8) is 0 Å². The van der Waals surface area contributed by atoms with Gasteiger partial charge in [-0.25, -0.2) is 17.5 Å². The molecule has 31 heavy (non-hydrogen) atoms. The Balaban J connectivity index is 1.85. The highest BCUT2D eigenvalue weighted by molar-refractivity contribution is 7.92. The van der Waals surface area contributed by atoms with E-state index in [-0.39, 0.29) is 35.2 Å². The molecule has 0 aliphatic carbocycles. The SMILES string of the molecule is COC1COc2cc(S(=O)(=O)CC(=O)Cc3c(C(C)C)ccc(F)c3C(C)C)nn2C1. The van der Waals surface area contributed by atoms with E-state index in [1.165, 1.54) is 16.8 Å². The first-order valence-corrected chi connectivity index (χ1v) is 12.0. The number of aromatic nitrogens is 2. The summed E-state index contributed by atoms with van der Waals surface area (Å²) in [4.78, 5) is 12.8. The van der Waals surface area contributed by atoms with Crippen LogP contribution in [0.3, 0.4) is 0 Å². The summed E-state index contributed by atoms with van der Waals surface area (Å²) < 4.78 is 52.4. The molecule has 9 heteroatoms. The zero-order chi connectivity index (χ0) is 22.9. The second-order valence-corrected chi connectivity index (χ2v) is 10.4. The Kier molecular flexibility index (Phi) is 6.85. The Morgan fingerprint density at radius 1 is 1.29 bits per heavy atom. The summed E-state index contributed by atoms with van der Waals surface area (Å²) in [6.07, 6.45) is -0.366. The zero-order valence-corrected chi connectivity index (χ0v) is 19.3. The Hall–Kier alpha value is -2.26. The van der Waals surface area contributed by atoms with Crippen LogP contribution in [-0.4, -0.2) is 49.6 Å². The third kappa shape index (κ3) is 4.98. The summed E-state index contributed by atoms with van der Waals surface area (Å²) in [5.41, 5.74) is 1.90. The quantitative estimate of drug-likeness (QED) is 0.611. The fourth-order valence-corrected chi connectivity index (χ4v) is 5.07. The van der Waals surface area contributed by atoms with Crippen LogP contribution in [-0.2, 0) is 32.3 Å². The Morgan fingerprint density at radius 3 is 2.61 bits per heavy atom. The van der Waals surface area contributed by atoms with Crippen molar-refractivity contribution in [1.82, 2.24) is 9.78 Å². The summed E-state index contributed by atoms with van der Waals surface area (Å²) in [5.74, 6) is -1.32. The molecular weight excluding hydrogens is 423 g/mol. The van der Waals surface area contributed by atoms with Gasteiger partial charge in [0, 0.05) is 19.6 Å². The minimum absolute atomic E-state index is 0.0725. The van der Waals surface area contributed by atoms with Crippen LogP contribution < -0.4 is 4.74 Å². The van der Waals surface area contributed by atoms with Crippen LogP contribution in [0.25, 0.3) is 0 Å². The monoisotopic (exact) mass is 452 g/mol. The maximum Gasteiger partial charge on any atom is 0.213 e. The van der Waals surface area contributed by atoms with E-state index in [4.69, 9.17) is 9.47 Å². The first-order valence-electron chi connectivity index (χ1n) is 10.3. The molecule has 0 saturated carbocycles. The summed E-state index contributed by atoms with van der Waals surface area (Å²) in [7, 11) is -2.43. The number of hydrogen-bond acceptors (Lipinski definition) is 6. The third-order valence-corrected chi connectivity index (χ3v) is 6.97. The number of rotatable bonds is 8. The van der Waals surface area contributed by atoms with Gasteiger partial charge in [0.1, 0.15) is 24.3 Å². The standard InChI is InChI=1S/C22H29FN2O5S/c1-13(2)17-6-7-19(23)22(14(3)4)18(17)8-15(26)12-31(27,28)20-9-21-25(24-20)10-16(29-5)11-30-21/h6-7,9,13-14,16H,8,10-12H2,1-5H3. The lowest BCUT2D eigenvalue weighted by molar-refractivity contribution is -0.116. The number of nitrogens with zero attached hydrogens (tertiary/aromatic N) is 2. The fourth-order valence-electron chi connectivity index (χ4n) is 3.89. The highest BCUT2D eigenvalue weighted by Crippen LogP contribution is 2.31. The van der Waals surface area contributed by atoms with Crippen molar-refractivity contribution in [1.29, 1.82) is 0 Å². The van der Waals surface area contributed by atoms with Crippen molar-refractivity contribution in [3.8, 4) is 5.88 Å². The van der Waals surface area contributed by atoms with Gasteiger partial charge in [-0.3, -0.25) is 4.79 Å². The second-order valence-electron chi connectivity index (χ2n) is 8.48. The molecule has 1 aromatic heterocycles. The van der Waals surface area contributed by atoms with E-state index < -0.39 is 21.4 Å². The van der Waals surface area contributed by atoms with Gasteiger partial charge in [-0.2, -0.15) is 5.10 Å². The predicted octanol–water partition coefficient (Wildman–Crippen LogP) is 3.26. The maximum atomic E-state index is 14.5. The molecule has 0 N–H and O–H groups in total. The van der Waals surface area contributed by atoms with Gasteiger partial charge in [0.15, 0.2) is 10.8 Å². The first-order chi connectivity index (χ1) is 14.5. The van der Waals surface area contributed by atoms with Crippen molar-refractivity contribution in [3.05, 3.63) is 40.7 Å². The lowest BCUT2D eigenvalue weighted by Crippen LogP contribution is -2.31. The average Bonchev–Trinajstić information content (AvgIpc) is 3.11. The van der Waals surface area contributed by atoms with E-state index in [0.29, 0.717) is 30.2 Å². The van der Waals surface area contributed by atoms with Crippen molar-refractivity contribution in [2.45, 2.75) is 63.6 Å². The molecule has 0 spiro atoms. The molecule has 1 aliphatic heterocycles. The lowest BCUT2D eigenvalue weighted by Gasteiger charge is -2.22. The minimum Gasteiger partial charge on any atom is -0.475 e. The molecule has 170 valence electrons. The third-order valence-electron chi connectivity index (χ3n) is 5.43. The Bertz CT molecular complexity index is 1080. The molecule has 7 nitrogen and oxygen atoms in total. The molecule has 0 fully saturated rings. The number of carbonyl (C=O) groups is 1. The summed E-state index contributed by atoms with van der Waals surface area (Å²) in [6, 6.07) is 4.42. The molecule has 0 amide bonds. The molecule has 0 saturated heterocycles. The fraction of sp³-hybridized carbons (Fsp3) is 0.545. The highest BCUT2D eigenvalue weighted by Gasteiger charge is 2.29. The molecule has 3 rings (SSSR count). The first kappa shape index (κ1) is 23.4. The molecule has 2 aromatic rings. The molecule has 1 unspecified atom stereocenters. The zero-order valence-electron chi connectivity index (χ0n) is 18.5. The molecule has 0 bridgehead atoms. The molecular formula is C22H29FN2O5S. The van der Waals surface area contributed by atoms with Crippen molar-refractivity contribution in [2.24, 2.45) is 0 Å². The van der Waals surface area contributed by atoms with Gasteiger partial charge >= 0.3 is 0 Å². The van der Waals surface area contributed by atoms with E-state index in [9.17, 15) is 17.6 Å². The number of hydrogen-bond donors (Lipinski definition) is 0. The Morgan fingerprint density at radius 2 is 2.00 bits per heavy atom. The van der Waals surface area contributed by atoms with E-state index >= 15 is 0 Å². The molecule has 1 aromatic carbocycles. The topological polar surface area (TPSA) is 87.5 Å². The number of Topliss-reactive ketones (excluding diaryl/α,β-unsaturated/α-hetero) is 1. The van der Waals surface area contributed by atoms with Gasteiger partial charge in [-0.05, 0) is 34.6 Å². The van der Waals surface area contributed by atoms with Crippen molar-refractivity contribution < 1.29 is 27.1 Å². The summed E-state index contributed by atoms with van der Waals surface area (Å²) >= 11 is 0. The van der Waals surface area contributed by atoms with Crippen LogP contribution in [0.2, 0.25) is 0 Å². The smallest absolute Gasteiger partial charge is 0.213 e. The second kappa shape index (κ2) is 9.08. The van der Waals surface area contributed by atoms with Gasteiger partial charge in [-0.1, -0.05) is 33.8 Å². The Labute approximate surface area is 182 Å². The van der Waals surface area contributed by atoms with Crippen LogP contribution in [0.1, 0.15) is 56.2 Å². The van der Waals surface area contributed by atoms with E-state index in [2.05, 4.69) is 5.10 Å². The van der Waals surface area contributed by atoms with Gasteiger partial charge < -0.3 is 9.47 Å². The summed E-state index contributed by atoms with van der Waals surface area (Å²) in [6.45, 7) is 8.31. The van der Waals surface area contributed by atoms with Gasteiger partial charge in [0.2, 0.25) is 15.7 Å². The van der Waals surface area contributed by atoms with Crippen LogP contribution >= 0.6 is 0 Å². The van der Waals surface area contributed by atoms with Crippen LogP contribution in [0, 0.1) is 5.82 Å². The summed E-state index contributed by atoms with van der Waals surface area (Å²) in [5, 5.41) is 3.89. The normalized spacial score (nSPS) is 16.5. The average molecular weight is 453 g/mol. The molecule has 0 radical (unpaired) electrons. The number of methoxy groups -OCH3 is 1. The number of sulfone groups is 1. The number of fused-ring (bicyclic) bond motifs is 1. The largest absolute Gasteiger partial charge is 0.475 e. The van der Waals surface area contributed by atoms with Crippen molar-refractivity contribution >= 4 is 15.6 Å². The number of carbonyl (C=O) groups excluding carboxylic acids is 1.